The van der Waals surface area contributed by atoms with Gasteiger partial charge in [-0.1, -0.05) is 0 Å². The minimum Gasteiger partial charge on any atom is -0.271 e. The van der Waals surface area contributed by atoms with Crippen LogP contribution in [0.3, 0.4) is 0 Å². The summed E-state index contributed by atoms with van der Waals surface area (Å²) in [5.74, 6) is 4.92. The van der Waals surface area contributed by atoms with Gasteiger partial charge in [-0.3, -0.25) is 11.3 Å². The lowest BCUT2D eigenvalue weighted by molar-refractivity contribution is 0.625. The van der Waals surface area contributed by atoms with Crippen molar-refractivity contribution in [2.24, 2.45) is 11.8 Å². The molecule has 0 saturated carbocycles. The molecule has 0 fully saturated rings. The van der Waals surface area contributed by atoms with Crippen LogP contribution in [0, 0.1) is 17.2 Å². The third-order valence-corrected chi connectivity index (χ3v) is 0.644. The summed E-state index contributed by atoms with van der Waals surface area (Å²) in [5.41, 5.74) is 2.40. The van der Waals surface area contributed by atoms with Crippen LogP contribution in [0.25, 0.3) is 0 Å². The zero-order chi connectivity index (χ0) is 5.70. The van der Waals surface area contributed by atoms with E-state index >= 15 is 0 Å². The molecule has 0 aliphatic rings. The smallest absolute Gasteiger partial charge is 0.0666 e. The fourth-order valence-electron chi connectivity index (χ4n) is 0.222. The number of nitrogens with two attached hydrogens (primary N) is 1. The standard InChI is InChI=1S/C4H9N3/c1-4(2-5)3-7-6/h4,7H,3,6H2,1H3. The van der Waals surface area contributed by atoms with Gasteiger partial charge in [0.1, 0.15) is 0 Å². The van der Waals surface area contributed by atoms with Gasteiger partial charge in [0, 0.05) is 6.54 Å². The molecule has 3 nitrogen and oxygen atoms in total. The quantitative estimate of drug-likeness (QED) is 0.366. The van der Waals surface area contributed by atoms with Crippen molar-refractivity contribution < 1.29 is 0 Å². The molecule has 0 aromatic heterocycles. The second kappa shape index (κ2) is 3.59. The van der Waals surface area contributed by atoms with Crippen molar-refractivity contribution in [1.82, 2.24) is 5.43 Å². The van der Waals surface area contributed by atoms with Gasteiger partial charge >= 0.3 is 0 Å². The average molecular weight is 99.1 g/mol. The molecule has 0 rings (SSSR count). The Morgan fingerprint density at radius 1 is 2.00 bits per heavy atom. The zero-order valence-electron chi connectivity index (χ0n) is 4.31. The highest BCUT2D eigenvalue weighted by molar-refractivity contribution is 4.78. The van der Waals surface area contributed by atoms with Crippen molar-refractivity contribution in [3.63, 3.8) is 0 Å². The Bertz CT molecular complexity index is 73.5. The van der Waals surface area contributed by atoms with Crippen molar-refractivity contribution >= 4 is 0 Å². The maximum atomic E-state index is 8.12. The third kappa shape index (κ3) is 3.23. The molecule has 0 spiro atoms. The normalized spacial score (nSPS) is 12.7. The first-order valence-corrected chi connectivity index (χ1v) is 2.14. The number of hydrogen-bond acceptors (Lipinski definition) is 3. The van der Waals surface area contributed by atoms with E-state index in [1.807, 2.05) is 6.07 Å². The molecule has 0 aromatic rings. The van der Waals surface area contributed by atoms with Gasteiger partial charge in [0.15, 0.2) is 0 Å². The fraction of sp³-hybridized carbons (Fsp3) is 0.750. The second-order valence-corrected chi connectivity index (χ2v) is 1.44. The van der Waals surface area contributed by atoms with Gasteiger partial charge in [0.05, 0.1) is 12.0 Å². The molecule has 0 amide bonds. The van der Waals surface area contributed by atoms with Crippen LogP contribution in [0.1, 0.15) is 6.92 Å². The number of rotatable bonds is 2. The summed E-state index contributed by atoms with van der Waals surface area (Å²) < 4.78 is 0. The van der Waals surface area contributed by atoms with Gasteiger partial charge in [-0.05, 0) is 6.92 Å². The molecule has 1 atom stereocenters. The van der Waals surface area contributed by atoms with Gasteiger partial charge in [0.25, 0.3) is 0 Å². The number of hydrogen-bond donors (Lipinski definition) is 2. The molecule has 3 N–H and O–H groups in total. The van der Waals surface area contributed by atoms with Gasteiger partial charge in [-0.25, -0.2) is 0 Å². The molecule has 1 unspecified atom stereocenters. The SMILES string of the molecule is CC(C#N)CNN. The first-order valence-electron chi connectivity index (χ1n) is 2.14. The summed E-state index contributed by atoms with van der Waals surface area (Å²) in [5, 5.41) is 8.12. The molecule has 0 saturated heterocycles. The highest BCUT2D eigenvalue weighted by Crippen LogP contribution is 1.83. The minimum absolute atomic E-state index is 0.0185. The van der Waals surface area contributed by atoms with Crippen LogP contribution in [-0.4, -0.2) is 6.54 Å². The molecule has 0 bridgehead atoms. The van der Waals surface area contributed by atoms with E-state index in [-0.39, 0.29) is 5.92 Å². The van der Waals surface area contributed by atoms with Crippen LogP contribution >= 0.6 is 0 Å². The summed E-state index contributed by atoms with van der Waals surface area (Å²) in [6.07, 6.45) is 0. The van der Waals surface area contributed by atoms with E-state index in [4.69, 9.17) is 11.1 Å². The van der Waals surface area contributed by atoms with Crippen molar-refractivity contribution in [2.45, 2.75) is 6.92 Å². The van der Waals surface area contributed by atoms with Crippen LogP contribution in [0.5, 0.6) is 0 Å². The lowest BCUT2D eigenvalue weighted by Gasteiger charge is -1.95. The molecule has 0 aromatic carbocycles. The fourth-order valence-corrected chi connectivity index (χ4v) is 0.222. The Hall–Kier alpha value is -0.590. The largest absolute Gasteiger partial charge is 0.271 e. The van der Waals surface area contributed by atoms with Crippen LogP contribution < -0.4 is 11.3 Å². The molecular formula is C4H9N3. The summed E-state index contributed by atoms with van der Waals surface area (Å²) in [6, 6.07) is 2.02. The van der Waals surface area contributed by atoms with Gasteiger partial charge in [0.2, 0.25) is 0 Å². The molecule has 0 heterocycles. The van der Waals surface area contributed by atoms with Gasteiger partial charge in [-0.2, -0.15) is 5.26 Å². The van der Waals surface area contributed by atoms with Gasteiger partial charge in [-0.15, -0.1) is 0 Å². The third-order valence-electron chi connectivity index (χ3n) is 0.644. The highest BCUT2D eigenvalue weighted by atomic mass is 15.2. The number of nitrogens with one attached hydrogen (secondary N) is 1. The van der Waals surface area contributed by atoms with E-state index in [1.54, 1.807) is 6.92 Å². The van der Waals surface area contributed by atoms with Crippen molar-refractivity contribution in [3.8, 4) is 6.07 Å². The van der Waals surface area contributed by atoms with E-state index < -0.39 is 0 Å². The summed E-state index contributed by atoms with van der Waals surface area (Å²) in [6.45, 7) is 2.37. The molecule has 0 aliphatic heterocycles. The van der Waals surface area contributed by atoms with Crippen LogP contribution in [0.2, 0.25) is 0 Å². The molecule has 3 heteroatoms. The summed E-state index contributed by atoms with van der Waals surface area (Å²) in [7, 11) is 0. The van der Waals surface area contributed by atoms with E-state index in [0.717, 1.165) is 0 Å². The van der Waals surface area contributed by atoms with Gasteiger partial charge < -0.3 is 0 Å². The maximum Gasteiger partial charge on any atom is 0.0666 e. The average Bonchev–Trinajstić information content (AvgIpc) is 1.68. The Labute approximate surface area is 43.1 Å². The predicted octanol–water partition coefficient (Wildman–Crippen LogP) is -0.391. The number of nitrogens with zero attached hydrogens (tertiary/aromatic N) is 1. The Balaban J connectivity index is 3.04. The first kappa shape index (κ1) is 6.41. The van der Waals surface area contributed by atoms with Crippen LogP contribution in [0.4, 0.5) is 0 Å². The topological polar surface area (TPSA) is 61.8 Å². The number of hydrazine groups is 1. The Kier molecular flexibility index (Phi) is 3.29. The predicted molar refractivity (Wildman–Crippen MR) is 27.0 cm³/mol. The minimum atomic E-state index is 0.0185. The summed E-state index contributed by atoms with van der Waals surface area (Å²) in [4.78, 5) is 0. The molecular weight excluding hydrogens is 90.1 g/mol. The van der Waals surface area contributed by atoms with E-state index in [1.165, 1.54) is 0 Å². The molecule has 7 heavy (non-hydrogen) atoms. The van der Waals surface area contributed by atoms with Crippen LogP contribution in [-0.2, 0) is 0 Å². The van der Waals surface area contributed by atoms with E-state index in [9.17, 15) is 0 Å². The van der Waals surface area contributed by atoms with Crippen molar-refractivity contribution in [3.05, 3.63) is 0 Å². The zero-order valence-corrected chi connectivity index (χ0v) is 4.31. The molecule has 0 radical (unpaired) electrons. The van der Waals surface area contributed by atoms with Crippen LogP contribution in [0.15, 0.2) is 0 Å². The number of nitriles is 1. The molecule has 0 aliphatic carbocycles. The van der Waals surface area contributed by atoms with Crippen molar-refractivity contribution in [1.29, 1.82) is 5.26 Å². The lowest BCUT2D eigenvalue weighted by atomic mass is 10.2. The lowest BCUT2D eigenvalue weighted by Crippen LogP contribution is -2.26. The monoisotopic (exact) mass is 99.1 g/mol. The van der Waals surface area contributed by atoms with Crippen molar-refractivity contribution in [2.75, 3.05) is 6.54 Å². The Morgan fingerprint density at radius 3 is 2.71 bits per heavy atom. The maximum absolute atomic E-state index is 8.12. The van der Waals surface area contributed by atoms with E-state index in [2.05, 4.69) is 5.43 Å². The molecule has 40 valence electrons. The van der Waals surface area contributed by atoms with E-state index in [0.29, 0.717) is 6.54 Å². The second-order valence-electron chi connectivity index (χ2n) is 1.44. The first-order chi connectivity index (χ1) is 3.31. The highest BCUT2D eigenvalue weighted by Gasteiger charge is 1.92. The Morgan fingerprint density at radius 2 is 2.57 bits per heavy atom. The summed E-state index contributed by atoms with van der Waals surface area (Å²) >= 11 is 0.